The minimum Gasteiger partial charge on any atom is -0.367 e. The van der Waals surface area contributed by atoms with Crippen LogP contribution in [0, 0.1) is 5.41 Å². The molecular formula is C28H26BrClF5N5O3. The topological polar surface area (TPSA) is 108 Å². The minimum atomic E-state index is -4.61. The van der Waals surface area contributed by atoms with Crippen LogP contribution in [-0.4, -0.2) is 47.1 Å². The van der Waals surface area contributed by atoms with Crippen molar-refractivity contribution in [2.45, 2.75) is 57.4 Å². The van der Waals surface area contributed by atoms with E-state index in [4.69, 9.17) is 16.3 Å². The molecule has 0 bridgehead atoms. The average Bonchev–Trinajstić information content (AvgIpc) is 3.69. The summed E-state index contributed by atoms with van der Waals surface area (Å²) in [5.74, 6) is -1.34. The van der Waals surface area contributed by atoms with E-state index in [-0.39, 0.29) is 42.4 Å². The zero-order valence-electron chi connectivity index (χ0n) is 22.4. The van der Waals surface area contributed by atoms with Gasteiger partial charge in [-0.3, -0.25) is 9.59 Å². The Morgan fingerprint density at radius 1 is 1.21 bits per heavy atom. The molecule has 1 aromatic carbocycles. The van der Waals surface area contributed by atoms with Crippen LogP contribution in [0.4, 0.5) is 33.6 Å². The summed E-state index contributed by atoms with van der Waals surface area (Å²) in [5.41, 5.74) is 0.266. The summed E-state index contributed by atoms with van der Waals surface area (Å²) in [7, 11) is 0. The number of H-pyrrole nitrogens is 1. The van der Waals surface area contributed by atoms with Crippen LogP contribution in [0.15, 0.2) is 46.1 Å². The number of carbonyl (C=O) groups excluding carboxylic acids is 2. The zero-order chi connectivity index (χ0) is 30.9. The highest BCUT2D eigenvalue weighted by Crippen LogP contribution is 2.57. The van der Waals surface area contributed by atoms with Crippen molar-refractivity contribution in [2.24, 2.45) is 5.41 Å². The van der Waals surface area contributed by atoms with Crippen LogP contribution in [0.25, 0.3) is 6.08 Å². The van der Waals surface area contributed by atoms with Crippen LogP contribution in [0.5, 0.6) is 0 Å². The monoisotopic (exact) mass is 689 g/mol. The molecule has 1 atom stereocenters. The number of fused-ring (bicyclic) bond motifs is 1. The SMILES string of the molecule is O=C(NC1=CC=C(Br)CC1)C1=Cc2nc(Nc3cc(CNC(=O)C4(C(F)(F)F)CC4)ccc3Cl)[nH]c2CC1OCC(F)F. The Bertz CT molecular complexity index is 1520. The third-order valence-electron chi connectivity index (χ3n) is 7.36. The van der Waals surface area contributed by atoms with Crippen molar-refractivity contribution in [3.05, 3.63) is 68.1 Å². The molecule has 0 aliphatic heterocycles. The highest BCUT2D eigenvalue weighted by Gasteiger charge is 2.68. The van der Waals surface area contributed by atoms with Crippen molar-refractivity contribution >= 4 is 57.1 Å². The lowest BCUT2D eigenvalue weighted by atomic mass is 9.95. The van der Waals surface area contributed by atoms with Gasteiger partial charge in [0.15, 0.2) is 0 Å². The molecule has 3 aliphatic rings. The van der Waals surface area contributed by atoms with Crippen molar-refractivity contribution in [3.8, 4) is 0 Å². The number of aromatic nitrogens is 2. The molecule has 2 aromatic rings. The molecule has 1 heterocycles. The molecule has 15 heteroatoms. The molecule has 5 rings (SSSR count). The third-order valence-corrected chi connectivity index (χ3v) is 8.35. The van der Waals surface area contributed by atoms with Gasteiger partial charge in [-0.15, -0.1) is 0 Å². The van der Waals surface area contributed by atoms with Crippen LogP contribution in [0.2, 0.25) is 5.02 Å². The summed E-state index contributed by atoms with van der Waals surface area (Å²) in [6, 6.07) is 4.66. The number of hydrogen-bond acceptors (Lipinski definition) is 5. The van der Waals surface area contributed by atoms with Crippen molar-refractivity contribution < 1.29 is 36.3 Å². The Balaban J connectivity index is 1.31. The van der Waals surface area contributed by atoms with E-state index in [9.17, 15) is 31.5 Å². The Labute approximate surface area is 256 Å². The normalized spacial score (nSPS) is 19.2. The predicted molar refractivity (Wildman–Crippen MR) is 153 cm³/mol. The molecule has 1 saturated carbocycles. The maximum absolute atomic E-state index is 13.2. The fourth-order valence-electron chi connectivity index (χ4n) is 4.80. The summed E-state index contributed by atoms with van der Waals surface area (Å²) in [6.45, 7) is -1.00. The first kappa shape index (κ1) is 31.2. The van der Waals surface area contributed by atoms with Gasteiger partial charge in [0.1, 0.15) is 12.0 Å². The van der Waals surface area contributed by atoms with E-state index in [0.29, 0.717) is 41.2 Å². The van der Waals surface area contributed by atoms with Crippen molar-refractivity contribution in [1.82, 2.24) is 20.6 Å². The van der Waals surface area contributed by atoms with Gasteiger partial charge in [0.05, 0.1) is 22.5 Å². The number of ether oxygens (including phenoxy) is 1. The zero-order valence-corrected chi connectivity index (χ0v) is 24.7. The first-order valence-electron chi connectivity index (χ1n) is 13.3. The number of imidazole rings is 1. The van der Waals surface area contributed by atoms with E-state index < -0.39 is 42.5 Å². The first-order chi connectivity index (χ1) is 20.3. The highest BCUT2D eigenvalue weighted by atomic mass is 79.9. The lowest BCUT2D eigenvalue weighted by Crippen LogP contribution is -2.40. The number of rotatable bonds is 10. The van der Waals surface area contributed by atoms with Crippen molar-refractivity contribution in [2.75, 3.05) is 11.9 Å². The number of anilines is 2. The maximum Gasteiger partial charge on any atom is 0.403 e. The number of nitrogens with one attached hydrogen (secondary N) is 4. The summed E-state index contributed by atoms with van der Waals surface area (Å²) in [4.78, 5) is 32.9. The van der Waals surface area contributed by atoms with E-state index in [1.165, 1.54) is 12.1 Å². The Hall–Kier alpha value is -3.23. The van der Waals surface area contributed by atoms with Crippen molar-refractivity contribution in [1.29, 1.82) is 0 Å². The second-order valence-corrected chi connectivity index (χ2v) is 11.9. The van der Waals surface area contributed by atoms with Gasteiger partial charge in [-0.2, -0.15) is 13.2 Å². The van der Waals surface area contributed by atoms with Crippen LogP contribution in [-0.2, 0) is 27.3 Å². The second-order valence-electron chi connectivity index (χ2n) is 10.4. The quantitative estimate of drug-likeness (QED) is 0.215. The number of allylic oxidation sites excluding steroid dienone is 4. The van der Waals surface area contributed by atoms with Crippen LogP contribution < -0.4 is 16.0 Å². The third kappa shape index (κ3) is 7.13. The van der Waals surface area contributed by atoms with Crippen LogP contribution in [0.1, 0.15) is 42.6 Å². The number of amides is 2. The van der Waals surface area contributed by atoms with Gasteiger partial charge in [-0.1, -0.05) is 39.7 Å². The number of carbonyl (C=O) groups is 2. The fraction of sp³-hybridized carbons (Fsp3) is 0.393. The standard InChI is InChI=1S/C28H26BrClF5N5O3/c29-15-2-4-16(5-3-15)37-24(41)17-10-20-21(11-22(17)43-13-23(31)32)40-26(39-20)38-19-9-14(1-6-18(19)30)12-36-25(42)27(7-8-27)28(33,34)35/h1-2,4,6,9-10,22-23H,3,5,7-8,11-13H2,(H,36,42)(H,37,41)(H2,38,39,40). The van der Waals surface area contributed by atoms with E-state index in [1.807, 2.05) is 6.08 Å². The van der Waals surface area contributed by atoms with Gasteiger partial charge >= 0.3 is 6.18 Å². The van der Waals surface area contributed by atoms with E-state index >= 15 is 0 Å². The largest absolute Gasteiger partial charge is 0.403 e. The molecular weight excluding hydrogens is 665 g/mol. The molecule has 1 unspecified atom stereocenters. The minimum absolute atomic E-state index is 0.0707. The molecule has 0 radical (unpaired) electrons. The van der Waals surface area contributed by atoms with Crippen LogP contribution in [0.3, 0.4) is 0 Å². The Morgan fingerprint density at radius 3 is 2.63 bits per heavy atom. The lowest BCUT2D eigenvalue weighted by molar-refractivity contribution is -0.192. The summed E-state index contributed by atoms with van der Waals surface area (Å²) in [5, 5.41) is 8.44. The predicted octanol–water partition coefficient (Wildman–Crippen LogP) is 6.43. The van der Waals surface area contributed by atoms with Gasteiger partial charge < -0.3 is 25.7 Å². The molecule has 2 amide bonds. The summed E-state index contributed by atoms with van der Waals surface area (Å²) >= 11 is 9.73. The van der Waals surface area contributed by atoms with Gasteiger partial charge in [0, 0.05) is 29.9 Å². The molecule has 1 fully saturated rings. The average molecular weight is 691 g/mol. The molecule has 43 heavy (non-hydrogen) atoms. The molecule has 8 nitrogen and oxygen atoms in total. The molecule has 1 aromatic heterocycles. The first-order valence-corrected chi connectivity index (χ1v) is 14.5. The number of alkyl halides is 5. The maximum atomic E-state index is 13.2. The van der Waals surface area contributed by atoms with E-state index in [0.717, 1.165) is 4.48 Å². The number of hydrogen-bond donors (Lipinski definition) is 4. The fourth-order valence-corrected chi connectivity index (χ4v) is 5.29. The number of aromatic amines is 1. The summed E-state index contributed by atoms with van der Waals surface area (Å²) in [6.07, 6.45) is -2.34. The van der Waals surface area contributed by atoms with E-state index in [1.54, 1.807) is 18.2 Å². The second kappa shape index (κ2) is 12.4. The van der Waals surface area contributed by atoms with Crippen molar-refractivity contribution in [3.63, 3.8) is 0 Å². The molecule has 0 saturated heterocycles. The Kier molecular flexibility index (Phi) is 9.00. The molecule has 4 N–H and O–H groups in total. The van der Waals surface area contributed by atoms with Gasteiger partial charge in [0.25, 0.3) is 12.3 Å². The van der Waals surface area contributed by atoms with Gasteiger partial charge in [0.2, 0.25) is 11.9 Å². The molecule has 0 spiro atoms. The number of benzene rings is 1. The van der Waals surface area contributed by atoms with Gasteiger partial charge in [-0.25, -0.2) is 13.8 Å². The smallest absolute Gasteiger partial charge is 0.367 e. The molecule has 3 aliphatic carbocycles. The van der Waals surface area contributed by atoms with Crippen LogP contribution >= 0.6 is 27.5 Å². The highest BCUT2D eigenvalue weighted by molar-refractivity contribution is 9.11. The lowest BCUT2D eigenvalue weighted by Gasteiger charge is -2.24. The van der Waals surface area contributed by atoms with E-state index in [2.05, 4.69) is 41.8 Å². The van der Waals surface area contributed by atoms with Gasteiger partial charge in [-0.05, 0) is 60.0 Å². The molecule has 230 valence electrons. The number of nitrogens with zero attached hydrogens (tertiary/aromatic N) is 1. The Morgan fingerprint density at radius 2 is 1.98 bits per heavy atom. The summed E-state index contributed by atoms with van der Waals surface area (Å²) < 4.78 is 72.1. The number of halogens is 7.